The van der Waals surface area contributed by atoms with Gasteiger partial charge in [-0.25, -0.2) is 0 Å². The Labute approximate surface area is 124 Å². The molecule has 0 radical (unpaired) electrons. The monoisotopic (exact) mass is 326 g/mol. The first-order valence-corrected chi connectivity index (χ1v) is 7.66. The zero-order chi connectivity index (χ0) is 13.8. The minimum Gasteiger partial charge on any atom is -0.492 e. The summed E-state index contributed by atoms with van der Waals surface area (Å²) >= 11 is 3.55. The van der Waals surface area contributed by atoms with Crippen molar-refractivity contribution in [3.63, 3.8) is 0 Å². The Morgan fingerprint density at radius 2 is 1.79 bits per heavy atom. The average Bonchev–Trinajstić information content (AvgIpc) is 2.41. The quantitative estimate of drug-likeness (QED) is 0.846. The highest BCUT2D eigenvalue weighted by atomic mass is 79.9. The maximum atomic E-state index is 5.93. The molecule has 1 heterocycles. The van der Waals surface area contributed by atoms with Crippen molar-refractivity contribution in [3.8, 4) is 5.75 Å². The number of likely N-dealkylation sites (N-methyl/N-ethyl adjacent to an activating group) is 1. The Morgan fingerprint density at radius 3 is 2.47 bits per heavy atom. The highest BCUT2D eigenvalue weighted by molar-refractivity contribution is 9.10. The van der Waals surface area contributed by atoms with Crippen LogP contribution in [0.5, 0.6) is 5.75 Å². The fourth-order valence-electron chi connectivity index (χ4n) is 2.28. The van der Waals surface area contributed by atoms with Gasteiger partial charge in [-0.1, -0.05) is 15.9 Å². The van der Waals surface area contributed by atoms with Gasteiger partial charge in [-0.05, 0) is 44.2 Å². The number of piperazine rings is 1. The second-order valence-electron chi connectivity index (χ2n) is 5.29. The van der Waals surface area contributed by atoms with E-state index in [2.05, 4.69) is 58.8 Å². The van der Waals surface area contributed by atoms with Crippen molar-refractivity contribution in [1.29, 1.82) is 0 Å². The number of halogens is 1. The Balaban J connectivity index is 1.81. The van der Waals surface area contributed by atoms with Gasteiger partial charge in [-0.2, -0.15) is 0 Å². The lowest BCUT2D eigenvalue weighted by molar-refractivity contribution is 0.133. The molecule has 0 bridgehead atoms. The molecular weight excluding hydrogens is 304 g/mol. The summed E-state index contributed by atoms with van der Waals surface area (Å²) in [6, 6.07) is 4.11. The van der Waals surface area contributed by atoms with Crippen LogP contribution in [0.15, 0.2) is 16.6 Å². The maximum Gasteiger partial charge on any atom is 0.122 e. The van der Waals surface area contributed by atoms with Gasteiger partial charge < -0.3 is 9.64 Å². The van der Waals surface area contributed by atoms with Crippen molar-refractivity contribution >= 4 is 15.9 Å². The predicted molar refractivity (Wildman–Crippen MR) is 83.0 cm³/mol. The molecule has 0 aromatic heterocycles. The van der Waals surface area contributed by atoms with Crippen molar-refractivity contribution in [2.75, 3.05) is 46.4 Å². The number of hydrogen-bond donors (Lipinski definition) is 0. The molecule has 0 N–H and O–H groups in total. The molecule has 0 saturated carbocycles. The summed E-state index contributed by atoms with van der Waals surface area (Å²) in [6.07, 6.45) is 0. The van der Waals surface area contributed by atoms with Crippen molar-refractivity contribution in [1.82, 2.24) is 9.80 Å². The largest absolute Gasteiger partial charge is 0.492 e. The third-order valence-corrected chi connectivity index (χ3v) is 4.79. The van der Waals surface area contributed by atoms with Gasteiger partial charge >= 0.3 is 0 Å². The summed E-state index contributed by atoms with van der Waals surface area (Å²) in [6.45, 7) is 10.6. The molecule has 4 heteroatoms. The SMILES string of the molecule is Cc1c(Br)ccc(OCCN2CCN(C)CC2)c1C. The highest BCUT2D eigenvalue weighted by Crippen LogP contribution is 2.27. The lowest BCUT2D eigenvalue weighted by atomic mass is 10.1. The number of hydrogen-bond acceptors (Lipinski definition) is 3. The van der Waals surface area contributed by atoms with Gasteiger partial charge in [0.1, 0.15) is 12.4 Å². The van der Waals surface area contributed by atoms with E-state index >= 15 is 0 Å². The Kier molecular flexibility index (Phi) is 5.25. The van der Waals surface area contributed by atoms with Crippen molar-refractivity contribution in [2.45, 2.75) is 13.8 Å². The molecule has 0 aliphatic carbocycles. The zero-order valence-corrected chi connectivity index (χ0v) is 13.7. The molecule has 1 aromatic rings. The molecule has 0 amide bonds. The molecule has 106 valence electrons. The number of nitrogens with zero attached hydrogens (tertiary/aromatic N) is 2. The second-order valence-corrected chi connectivity index (χ2v) is 6.14. The molecule has 1 aliphatic heterocycles. The van der Waals surface area contributed by atoms with Gasteiger partial charge in [-0.3, -0.25) is 4.90 Å². The zero-order valence-electron chi connectivity index (χ0n) is 12.1. The summed E-state index contributed by atoms with van der Waals surface area (Å²) in [7, 11) is 2.18. The van der Waals surface area contributed by atoms with Crippen molar-refractivity contribution < 1.29 is 4.74 Å². The van der Waals surface area contributed by atoms with Gasteiger partial charge in [0, 0.05) is 37.2 Å². The van der Waals surface area contributed by atoms with Crippen molar-refractivity contribution in [3.05, 3.63) is 27.7 Å². The first kappa shape index (κ1) is 14.8. The normalized spacial score (nSPS) is 17.7. The first-order valence-electron chi connectivity index (χ1n) is 6.87. The molecule has 3 nitrogen and oxygen atoms in total. The van der Waals surface area contributed by atoms with E-state index < -0.39 is 0 Å². The second kappa shape index (κ2) is 6.73. The first-order chi connectivity index (χ1) is 9.08. The van der Waals surface area contributed by atoms with E-state index in [0.29, 0.717) is 0 Å². The minimum atomic E-state index is 0.769. The van der Waals surface area contributed by atoms with Gasteiger partial charge in [-0.15, -0.1) is 0 Å². The standard InChI is InChI=1S/C15H23BrN2O/c1-12-13(2)15(5-4-14(12)16)19-11-10-18-8-6-17(3)7-9-18/h4-5H,6-11H2,1-3H3. The smallest absolute Gasteiger partial charge is 0.122 e. The number of rotatable bonds is 4. The third kappa shape index (κ3) is 3.94. The van der Waals surface area contributed by atoms with Crippen LogP contribution < -0.4 is 4.74 Å². The molecule has 2 rings (SSSR count). The third-order valence-electron chi connectivity index (χ3n) is 3.93. The van der Waals surface area contributed by atoms with E-state index in [0.717, 1.165) is 49.6 Å². The van der Waals surface area contributed by atoms with Crippen molar-refractivity contribution in [2.24, 2.45) is 0 Å². The van der Waals surface area contributed by atoms with Crippen LogP contribution in [0.25, 0.3) is 0 Å². The molecule has 1 aromatic carbocycles. The average molecular weight is 327 g/mol. The van der Waals surface area contributed by atoms with Gasteiger partial charge in [0.2, 0.25) is 0 Å². The Morgan fingerprint density at radius 1 is 1.11 bits per heavy atom. The van der Waals surface area contributed by atoms with Gasteiger partial charge in [0.05, 0.1) is 0 Å². The minimum absolute atomic E-state index is 0.769. The molecule has 19 heavy (non-hydrogen) atoms. The fourth-order valence-corrected chi connectivity index (χ4v) is 2.70. The topological polar surface area (TPSA) is 15.7 Å². The lowest BCUT2D eigenvalue weighted by Crippen LogP contribution is -2.45. The summed E-state index contributed by atoms with van der Waals surface area (Å²) in [5, 5.41) is 0. The fraction of sp³-hybridized carbons (Fsp3) is 0.600. The van der Waals surface area contributed by atoms with E-state index in [1.165, 1.54) is 11.1 Å². The van der Waals surface area contributed by atoms with Crippen LogP contribution in [0.2, 0.25) is 0 Å². The Bertz CT molecular complexity index is 428. The van der Waals surface area contributed by atoms with Crippen LogP contribution in [0.4, 0.5) is 0 Å². The number of benzene rings is 1. The molecule has 0 unspecified atom stereocenters. The van der Waals surface area contributed by atoms with E-state index in [1.807, 2.05) is 0 Å². The van der Waals surface area contributed by atoms with Gasteiger partial charge in [0.15, 0.2) is 0 Å². The van der Waals surface area contributed by atoms with Crippen LogP contribution >= 0.6 is 15.9 Å². The summed E-state index contributed by atoms with van der Waals surface area (Å²) in [4.78, 5) is 4.85. The summed E-state index contributed by atoms with van der Waals surface area (Å²) < 4.78 is 7.08. The maximum absolute atomic E-state index is 5.93. The van der Waals surface area contributed by atoms with E-state index in [4.69, 9.17) is 4.74 Å². The van der Waals surface area contributed by atoms with Crippen LogP contribution in [-0.2, 0) is 0 Å². The van der Waals surface area contributed by atoms with E-state index in [9.17, 15) is 0 Å². The molecule has 0 atom stereocenters. The summed E-state index contributed by atoms with van der Waals surface area (Å²) in [5.41, 5.74) is 2.49. The molecule has 1 fully saturated rings. The highest BCUT2D eigenvalue weighted by Gasteiger charge is 2.13. The molecular formula is C15H23BrN2O. The van der Waals surface area contributed by atoms with E-state index in [1.54, 1.807) is 0 Å². The summed E-state index contributed by atoms with van der Waals surface area (Å²) in [5.74, 6) is 1.01. The van der Waals surface area contributed by atoms with Crippen LogP contribution in [0, 0.1) is 13.8 Å². The van der Waals surface area contributed by atoms with Crippen LogP contribution in [0.3, 0.4) is 0 Å². The lowest BCUT2D eigenvalue weighted by Gasteiger charge is -2.32. The molecule has 0 spiro atoms. The predicted octanol–water partition coefficient (Wildman–Crippen LogP) is 2.69. The molecule has 1 saturated heterocycles. The van der Waals surface area contributed by atoms with Crippen LogP contribution in [-0.4, -0.2) is 56.2 Å². The number of ether oxygens (including phenoxy) is 1. The van der Waals surface area contributed by atoms with Crippen LogP contribution in [0.1, 0.15) is 11.1 Å². The molecule has 1 aliphatic rings. The van der Waals surface area contributed by atoms with Gasteiger partial charge in [0.25, 0.3) is 0 Å². The van der Waals surface area contributed by atoms with E-state index in [-0.39, 0.29) is 0 Å². The Hall–Kier alpha value is -0.580.